The number of carbonyl (C=O) groups is 2. The first-order chi connectivity index (χ1) is 9.13. The molecule has 2 rings (SSSR count). The molecule has 1 atom stereocenters. The average molecular weight is 262 g/mol. The zero-order valence-electron chi connectivity index (χ0n) is 11.5. The second-order valence-corrected chi connectivity index (χ2v) is 5.41. The Balaban J connectivity index is 1.77. The summed E-state index contributed by atoms with van der Waals surface area (Å²) >= 11 is 0. The van der Waals surface area contributed by atoms with Crippen LogP contribution in [-0.4, -0.2) is 24.2 Å². The van der Waals surface area contributed by atoms with Crippen LogP contribution in [0.15, 0.2) is 23.5 Å². The highest BCUT2D eigenvalue weighted by atomic mass is 16.1. The first-order valence-electron chi connectivity index (χ1n) is 7.10. The van der Waals surface area contributed by atoms with E-state index in [0.29, 0.717) is 12.8 Å². The van der Waals surface area contributed by atoms with Crippen LogP contribution in [0, 0.1) is 0 Å². The Kier molecular flexibility index (Phi) is 4.77. The number of carbonyl (C=O) groups excluding carboxylic acids is 2. The number of rotatable bonds is 5. The lowest BCUT2D eigenvalue weighted by Gasteiger charge is -2.22. The summed E-state index contributed by atoms with van der Waals surface area (Å²) in [6, 6.07) is 0.245. The molecular weight excluding hydrogens is 240 g/mol. The van der Waals surface area contributed by atoms with Crippen molar-refractivity contribution in [3.63, 3.8) is 0 Å². The molecule has 0 spiro atoms. The molecule has 2 aliphatic carbocycles. The van der Waals surface area contributed by atoms with Gasteiger partial charge in [0.1, 0.15) is 0 Å². The Morgan fingerprint density at radius 2 is 1.58 bits per heavy atom. The van der Waals surface area contributed by atoms with Crippen LogP contribution in [0.3, 0.4) is 0 Å². The smallest absolute Gasteiger partial charge is 0.157 e. The normalized spacial score (nSPS) is 21.5. The minimum absolute atomic E-state index is 0.217. The molecule has 0 bridgehead atoms. The molecule has 19 heavy (non-hydrogen) atoms. The van der Waals surface area contributed by atoms with Crippen LogP contribution in [0.25, 0.3) is 0 Å². The van der Waals surface area contributed by atoms with E-state index < -0.39 is 0 Å². The van der Waals surface area contributed by atoms with Gasteiger partial charge in [0.15, 0.2) is 11.6 Å². The summed E-state index contributed by atoms with van der Waals surface area (Å²) in [4.78, 5) is 22.6. The molecule has 0 saturated carbocycles. The maximum atomic E-state index is 11.3. The first kappa shape index (κ1) is 13.8. The molecule has 0 radical (unpaired) electrons. The van der Waals surface area contributed by atoms with E-state index >= 15 is 0 Å². The van der Waals surface area contributed by atoms with Crippen molar-refractivity contribution in [3.8, 4) is 0 Å². The fourth-order valence-corrected chi connectivity index (χ4v) is 2.49. The topological polar surface area (TPSA) is 58.2 Å². The molecule has 0 amide bonds. The zero-order valence-corrected chi connectivity index (χ0v) is 11.5. The van der Waals surface area contributed by atoms with Crippen molar-refractivity contribution >= 4 is 11.6 Å². The van der Waals surface area contributed by atoms with Gasteiger partial charge in [0.2, 0.25) is 0 Å². The van der Waals surface area contributed by atoms with Gasteiger partial charge in [-0.05, 0) is 32.6 Å². The van der Waals surface area contributed by atoms with Gasteiger partial charge >= 0.3 is 0 Å². The third kappa shape index (κ3) is 4.54. The molecule has 0 aliphatic heterocycles. The number of hydrogen-bond acceptors (Lipinski definition) is 4. The third-order valence-corrected chi connectivity index (χ3v) is 3.48. The maximum absolute atomic E-state index is 11.3. The van der Waals surface area contributed by atoms with Crippen molar-refractivity contribution in [2.45, 2.75) is 51.5 Å². The van der Waals surface area contributed by atoms with E-state index in [4.69, 9.17) is 0 Å². The van der Waals surface area contributed by atoms with Gasteiger partial charge in [-0.15, -0.1) is 0 Å². The Hall–Kier alpha value is -1.58. The molecular formula is C15H22N2O2. The second-order valence-electron chi connectivity index (χ2n) is 5.41. The van der Waals surface area contributed by atoms with E-state index in [9.17, 15) is 9.59 Å². The lowest BCUT2D eigenvalue weighted by atomic mass is 10.0. The molecule has 0 aromatic carbocycles. The molecule has 2 aliphatic rings. The highest BCUT2D eigenvalue weighted by Crippen LogP contribution is 2.14. The van der Waals surface area contributed by atoms with Crippen molar-refractivity contribution in [3.05, 3.63) is 23.5 Å². The van der Waals surface area contributed by atoms with Crippen molar-refractivity contribution in [2.24, 2.45) is 0 Å². The van der Waals surface area contributed by atoms with Crippen LogP contribution in [0.5, 0.6) is 0 Å². The van der Waals surface area contributed by atoms with Gasteiger partial charge in [-0.2, -0.15) is 0 Å². The number of ketones is 2. The van der Waals surface area contributed by atoms with Crippen LogP contribution in [0.1, 0.15) is 45.4 Å². The van der Waals surface area contributed by atoms with Crippen LogP contribution in [-0.2, 0) is 9.59 Å². The van der Waals surface area contributed by atoms with Gasteiger partial charge in [0, 0.05) is 49.0 Å². The monoisotopic (exact) mass is 262 g/mol. The van der Waals surface area contributed by atoms with Gasteiger partial charge in [-0.3, -0.25) is 9.59 Å². The van der Waals surface area contributed by atoms with Gasteiger partial charge in [-0.25, -0.2) is 0 Å². The third-order valence-electron chi connectivity index (χ3n) is 3.48. The van der Waals surface area contributed by atoms with Crippen molar-refractivity contribution in [2.75, 3.05) is 6.54 Å². The SMILES string of the molecule is CC(CNC1=CC(=O)CCC1)NC1=CC(=O)CCC1. The molecule has 104 valence electrons. The Morgan fingerprint density at radius 3 is 2.21 bits per heavy atom. The van der Waals surface area contributed by atoms with E-state index in [2.05, 4.69) is 17.6 Å². The predicted octanol–water partition coefficient (Wildman–Crippen LogP) is 1.83. The lowest BCUT2D eigenvalue weighted by molar-refractivity contribution is -0.115. The zero-order chi connectivity index (χ0) is 13.7. The molecule has 0 saturated heterocycles. The quantitative estimate of drug-likeness (QED) is 0.793. The van der Waals surface area contributed by atoms with Gasteiger partial charge in [0.05, 0.1) is 0 Å². The molecule has 4 nitrogen and oxygen atoms in total. The van der Waals surface area contributed by atoms with Gasteiger partial charge in [0.25, 0.3) is 0 Å². The molecule has 2 N–H and O–H groups in total. The van der Waals surface area contributed by atoms with Crippen LogP contribution < -0.4 is 10.6 Å². The van der Waals surface area contributed by atoms with Crippen molar-refractivity contribution in [1.82, 2.24) is 10.6 Å². The Bertz CT molecular complexity index is 424. The van der Waals surface area contributed by atoms with E-state index in [0.717, 1.165) is 43.6 Å². The van der Waals surface area contributed by atoms with Crippen molar-refractivity contribution in [1.29, 1.82) is 0 Å². The van der Waals surface area contributed by atoms with Crippen LogP contribution >= 0.6 is 0 Å². The highest BCUT2D eigenvalue weighted by molar-refractivity contribution is 5.91. The average Bonchev–Trinajstić information content (AvgIpc) is 2.36. The predicted molar refractivity (Wildman–Crippen MR) is 74.5 cm³/mol. The van der Waals surface area contributed by atoms with Crippen molar-refractivity contribution < 1.29 is 9.59 Å². The molecule has 1 unspecified atom stereocenters. The summed E-state index contributed by atoms with van der Waals surface area (Å²) < 4.78 is 0. The summed E-state index contributed by atoms with van der Waals surface area (Å²) in [6.45, 7) is 2.85. The summed E-state index contributed by atoms with van der Waals surface area (Å²) in [5, 5.41) is 6.68. The molecule has 0 heterocycles. The van der Waals surface area contributed by atoms with Crippen LogP contribution in [0.2, 0.25) is 0 Å². The largest absolute Gasteiger partial charge is 0.386 e. The number of hydrogen-bond donors (Lipinski definition) is 2. The van der Waals surface area contributed by atoms with E-state index in [-0.39, 0.29) is 17.6 Å². The summed E-state index contributed by atoms with van der Waals surface area (Å²) in [6.07, 6.45) is 8.59. The van der Waals surface area contributed by atoms with Gasteiger partial charge in [-0.1, -0.05) is 0 Å². The molecule has 4 heteroatoms. The summed E-state index contributed by atoms with van der Waals surface area (Å²) in [5.41, 5.74) is 2.08. The molecule has 0 aromatic rings. The van der Waals surface area contributed by atoms with E-state index in [1.54, 1.807) is 12.2 Å². The lowest BCUT2D eigenvalue weighted by Crippen LogP contribution is -2.36. The maximum Gasteiger partial charge on any atom is 0.157 e. The fraction of sp³-hybridized carbons (Fsp3) is 0.600. The van der Waals surface area contributed by atoms with Gasteiger partial charge < -0.3 is 10.6 Å². The minimum atomic E-state index is 0.217. The molecule has 0 aromatic heterocycles. The molecule has 0 fully saturated rings. The Morgan fingerprint density at radius 1 is 1.00 bits per heavy atom. The highest BCUT2D eigenvalue weighted by Gasteiger charge is 2.13. The first-order valence-corrected chi connectivity index (χ1v) is 7.10. The summed E-state index contributed by atoms with van der Waals surface area (Å²) in [5.74, 6) is 0.435. The minimum Gasteiger partial charge on any atom is -0.386 e. The fourth-order valence-electron chi connectivity index (χ4n) is 2.49. The van der Waals surface area contributed by atoms with Crippen LogP contribution in [0.4, 0.5) is 0 Å². The summed E-state index contributed by atoms with van der Waals surface area (Å²) in [7, 11) is 0. The second kappa shape index (κ2) is 6.55. The van der Waals surface area contributed by atoms with E-state index in [1.165, 1.54) is 0 Å². The van der Waals surface area contributed by atoms with E-state index in [1.807, 2.05) is 0 Å². The number of nitrogens with one attached hydrogen (secondary N) is 2. The Labute approximate surface area is 114 Å². The standard InChI is InChI=1S/C15H22N2O2/c1-11(17-13-5-3-7-15(19)9-13)10-16-12-4-2-6-14(18)8-12/h8-9,11,16-17H,2-7,10H2,1H3. The number of allylic oxidation sites excluding steroid dienone is 4.